The van der Waals surface area contributed by atoms with E-state index in [1.54, 1.807) is 21.9 Å². The number of aliphatic hydroxyl groups is 1. The van der Waals surface area contributed by atoms with E-state index in [1.807, 2.05) is 13.2 Å². The van der Waals surface area contributed by atoms with Gasteiger partial charge in [-0.3, -0.25) is 9.48 Å². The molecule has 1 aromatic rings. The van der Waals surface area contributed by atoms with Crippen molar-refractivity contribution in [3.63, 3.8) is 0 Å². The van der Waals surface area contributed by atoms with Crippen molar-refractivity contribution in [1.82, 2.24) is 14.7 Å². The number of likely N-dealkylation sites (tertiary alicyclic amines) is 1. The summed E-state index contributed by atoms with van der Waals surface area (Å²) in [5, 5.41) is 13.5. The maximum absolute atomic E-state index is 11.8. The van der Waals surface area contributed by atoms with E-state index in [1.165, 1.54) is 6.08 Å². The molecule has 92 valence electrons. The fraction of sp³-hybridized carbons (Fsp3) is 0.500. The summed E-state index contributed by atoms with van der Waals surface area (Å²) in [5.41, 5.74) is 0.901. The van der Waals surface area contributed by atoms with E-state index in [2.05, 4.69) is 5.10 Å². The third-order valence-electron chi connectivity index (χ3n) is 2.85. The Balaban J connectivity index is 1.94. The predicted octanol–water partition coefficient (Wildman–Crippen LogP) is 0.417. The summed E-state index contributed by atoms with van der Waals surface area (Å²) in [4.78, 5) is 13.5. The van der Waals surface area contributed by atoms with Crippen molar-refractivity contribution in [1.29, 1.82) is 0 Å². The molecule has 17 heavy (non-hydrogen) atoms. The van der Waals surface area contributed by atoms with Crippen LogP contribution in [0.4, 0.5) is 0 Å². The molecule has 0 radical (unpaired) electrons. The van der Waals surface area contributed by atoms with Crippen molar-refractivity contribution in [3.05, 3.63) is 24.0 Å². The molecular formula is C12H17N3O2. The van der Waals surface area contributed by atoms with Crippen LogP contribution in [0.1, 0.15) is 18.4 Å². The Kier molecular flexibility index (Phi) is 3.58. The van der Waals surface area contributed by atoms with Gasteiger partial charge in [0.1, 0.15) is 0 Å². The minimum Gasteiger partial charge on any atom is -0.391 e. The molecule has 1 N–H and O–H groups in total. The average molecular weight is 235 g/mol. The zero-order valence-corrected chi connectivity index (χ0v) is 9.91. The molecule has 1 aliphatic rings. The van der Waals surface area contributed by atoms with E-state index in [4.69, 9.17) is 0 Å². The van der Waals surface area contributed by atoms with Crippen LogP contribution in [0.15, 0.2) is 18.5 Å². The van der Waals surface area contributed by atoms with Gasteiger partial charge in [-0.25, -0.2) is 0 Å². The molecule has 2 rings (SSSR count). The van der Waals surface area contributed by atoms with Gasteiger partial charge in [0.15, 0.2) is 0 Å². The maximum atomic E-state index is 11.8. The highest BCUT2D eigenvalue weighted by Crippen LogP contribution is 2.10. The first-order chi connectivity index (χ1) is 8.15. The number of aryl methyl sites for hydroxylation is 1. The normalized spacial score (nSPS) is 21.1. The van der Waals surface area contributed by atoms with Gasteiger partial charge < -0.3 is 10.0 Å². The number of aliphatic hydroxyl groups excluding tert-OH is 1. The third-order valence-corrected chi connectivity index (χ3v) is 2.85. The van der Waals surface area contributed by atoms with Gasteiger partial charge in [0.05, 0.1) is 12.3 Å². The highest BCUT2D eigenvalue weighted by Gasteiger charge is 2.20. The summed E-state index contributed by atoms with van der Waals surface area (Å²) in [6.07, 6.45) is 8.11. The lowest BCUT2D eigenvalue weighted by Crippen LogP contribution is -2.41. The number of nitrogens with zero attached hydrogens (tertiary/aromatic N) is 3. The maximum Gasteiger partial charge on any atom is 0.246 e. The van der Waals surface area contributed by atoms with Crippen molar-refractivity contribution in [2.24, 2.45) is 7.05 Å². The Morgan fingerprint density at radius 1 is 1.65 bits per heavy atom. The number of carbonyl (C=O) groups excluding carboxylic acids is 1. The first-order valence-corrected chi connectivity index (χ1v) is 5.79. The zero-order valence-electron chi connectivity index (χ0n) is 9.91. The molecule has 0 aromatic carbocycles. The van der Waals surface area contributed by atoms with Crippen LogP contribution in [-0.2, 0) is 11.8 Å². The Morgan fingerprint density at radius 3 is 3.12 bits per heavy atom. The van der Waals surface area contributed by atoms with Crippen molar-refractivity contribution in [2.75, 3.05) is 13.1 Å². The monoisotopic (exact) mass is 235 g/mol. The molecule has 1 atom stereocenters. The number of β-amino-alcohol motifs (C(OH)–C–C–N with tert-alkyl or cyclic N) is 1. The standard InChI is InChI=1S/C12H17N3O2/c1-14-8-10(7-13-14)4-5-12(17)15-6-2-3-11(16)9-15/h4-5,7-8,11,16H,2-3,6,9H2,1H3/b5-4+. The molecule has 1 fully saturated rings. The summed E-state index contributed by atoms with van der Waals surface area (Å²) in [6, 6.07) is 0. The largest absolute Gasteiger partial charge is 0.391 e. The van der Waals surface area contributed by atoms with E-state index in [0.29, 0.717) is 6.54 Å². The fourth-order valence-corrected chi connectivity index (χ4v) is 1.95. The highest BCUT2D eigenvalue weighted by molar-refractivity contribution is 5.91. The highest BCUT2D eigenvalue weighted by atomic mass is 16.3. The van der Waals surface area contributed by atoms with Crippen molar-refractivity contribution in [3.8, 4) is 0 Å². The van der Waals surface area contributed by atoms with Gasteiger partial charge in [0, 0.05) is 38.0 Å². The fourth-order valence-electron chi connectivity index (χ4n) is 1.95. The smallest absolute Gasteiger partial charge is 0.246 e. The lowest BCUT2D eigenvalue weighted by molar-refractivity contribution is -0.128. The van der Waals surface area contributed by atoms with Crippen LogP contribution in [0, 0.1) is 0 Å². The van der Waals surface area contributed by atoms with Gasteiger partial charge in [-0.1, -0.05) is 0 Å². The van der Waals surface area contributed by atoms with Gasteiger partial charge in [0.25, 0.3) is 0 Å². The van der Waals surface area contributed by atoms with Crippen LogP contribution in [0.2, 0.25) is 0 Å². The van der Waals surface area contributed by atoms with E-state index in [0.717, 1.165) is 24.9 Å². The van der Waals surface area contributed by atoms with Crippen LogP contribution in [-0.4, -0.2) is 44.9 Å². The van der Waals surface area contributed by atoms with Gasteiger partial charge >= 0.3 is 0 Å². The van der Waals surface area contributed by atoms with Crippen molar-refractivity contribution in [2.45, 2.75) is 18.9 Å². The first-order valence-electron chi connectivity index (χ1n) is 5.79. The summed E-state index contributed by atoms with van der Waals surface area (Å²) in [6.45, 7) is 1.17. The van der Waals surface area contributed by atoms with Gasteiger partial charge in [-0.2, -0.15) is 5.10 Å². The van der Waals surface area contributed by atoms with Crippen LogP contribution in [0.5, 0.6) is 0 Å². The molecule has 0 aliphatic carbocycles. The van der Waals surface area contributed by atoms with E-state index < -0.39 is 0 Å². The molecule has 1 aromatic heterocycles. The number of piperidine rings is 1. The summed E-state index contributed by atoms with van der Waals surface area (Å²) >= 11 is 0. The lowest BCUT2D eigenvalue weighted by atomic mass is 10.1. The number of amides is 1. The van der Waals surface area contributed by atoms with Crippen LogP contribution < -0.4 is 0 Å². The summed E-state index contributed by atoms with van der Waals surface area (Å²) in [5.74, 6) is -0.0485. The van der Waals surface area contributed by atoms with Crippen molar-refractivity contribution < 1.29 is 9.90 Å². The zero-order chi connectivity index (χ0) is 12.3. The Hall–Kier alpha value is -1.62. The minimum absolute atomic E-state index is 0.0485. The van der Waals surface area contributed by atoms with Gasteiger partial charge in [0.2, 0.25) is 5.91 Å². The molecular weight excluding hydrogens is 218 g/mol. The molecule has 0 bridgehead atoms. The number of rotatable bonds is 2. The van der Waals surface area contributed by atoms with E-state index in [9.17, 15) is 9.90 Å². The quantitative estimate of drug-likeness (QED) is 0.756. The number of hydrogen-bond acceptors (Lipinski definition) is 3. The van der Waals surface area contributed by atoms with Gasteiger partial charge in [-0.15, -0.1) is 0 Å². The second kappa shape index (κ2) is 5.14. The summed E-state index contributed by atoms with van der Waals surface area (Å²) < 4.78 is 1.69. The number of aromatic nitrogens is 2. The molecule has 5 heteroatoms. The average Bonchev–Trinajstić information content (AvgIpc) is 2.72. The molecule has 1 aliphatic heterocycles. The molecule has 1 saturated heterocycles. The molecule has 0 spiro atoms. The Bertz CT molecular complexity index is 425. The van der Waals surface area contributed by atoms with E-state index >= 15 is 0 Å². The number of carbonyl (C=O) groups is 1. The lowest BCUT2D eigenvalue weighted by Gasteiger charge is -2.29. The number of hydrogen-bond donors (Lipinski definition) is 1. The topological polar surface area (TPSA) is 58.4 Å². The molecule has 1 amide bonds. The molecule has 1 unspecified atom stereocenters. The SMILES string of the molecule is Cn1cc(/C=C/C(=O)N2CCCC(O)C2)cn1. The Morgan fingerprint density at radius 2 is 2.47 bits per heavy atom. The minimum atomic E-state index is -0.375. The molecule has 0 saturated carbocycles. The van der Waals surface area contributed by atoms with Crippen LogP contribution in [0.3, 0.4) is 0 Å². The summed E-state index contributed by atoms with van der Waals surface area (Å²) in [7, 11) is 1.83. The van der Waals surface area contributed by atoms with E-state index in [-0.39, 0.29) is 12.0 Å². The third kappa shape index (κ3) is 3.17. The molecule has 5 nitrogen and oxygen atoms in total. The Labute approximate surface area is 100 Å². The second-order valence-corrected chi connectivity index (χ2v) is 4.36. The first kappa shape index (κ1) is 11.9. The van der Waals surface area contributed by atoms with Crippen LogP contribution in [0.25, 0.3) is 6.08 Å². The molecule has 2 heterocycles. The van der Waals surface area contributed by atoms with Crippen LogP contribution >= 0.6 is 0 Å². The second-order valence-electron chi connectivity index (χ2n) is 4.36. The van der Waals surface area contributed by atoms with Crippen molar-refractivity contribution >= 4 is 12.0 Å². The predicted molar refractivity (Wildman–Crippen MR) is 64.1 cm³/mol. The van der Waals surface area contributed by atoms with Gasteiger partial charge in [-0.05, 0) is 18.9 Å².